The molecule has 1 saturated heterocycles. The summed E-state index contributed by atoms with van der Waals surface area (Å²) in [6, 6.07) is 7.98. The van der Waals surface area contributed by atoms with Crippen molar-refractivity contribution in [3.63, 3.8) is 0 Å². The quantitative estimate of drug-likeness (QED) is 0.864. The van der Waals surface area contributed by atoms with E-state index in [1.54, 1.807) is 0 Å². The molecule has 2 heterocycles. The van der Waals surface area contributed by atoms with Gasteiger partial charge in [0.05, 0.1) is 0 Å². The van der Waals surface area contributed by atoms with Crippen molar-refractivity contribution in [3.05, 3.63) is 36.2 Å². The first kappa shape index (κ1) is 17.4. The Hall–Kier alpha value is -2.38. The second-order valence-electron chi connectivity index (χ2n) is 6.67. The molecule has 7 nitrogen and oxygen atoms in total. The highest BCUT2D eigenvalue weighted by molar-refractivity contribution is 5.66. The van der Waals surface area contributed by atoms with E-state index in [1.165, 1.54) is 11.9 Å². The van der Waals surface area contributed by atoms with E-state index < -0.39 is 0 Å². The van der Waals surface area contributed by atoms with Gasteiger partial charge in [-0.2, -0.15) is 4.98 Å². The average molecular weight is 342 g/mol. The minimum atomic E-state index is 0.365. The molecule has 0 saturated carbocycles. The molecule has 0 unspecified atom stereocenters. The first-order chi connectivity index (χ1) is 12.0. The number of likely N-dealkylation sites (N-methyl/N-ethyl adjacent to an activating group) is 1. The second kappa shape index (κ2) is 7.67. The van der Waals surface area contributed by atoms with Crippen LogP contribution in [0.5, 0.6) is 11.6 Å². The maximum absolute atomic E-state index is 6.20. The number of benzene rings is 1. The number of hydrogen-bond donors (Lipinski definition) is 2. The Morgan fingerprint density at radius 1 is 1.08 bits per heavy atom. The van der Waals surface area contributed by atoms with Crippen molar-refractivity contribution in [1.82, 2.24) is 19.9 Å². The van der Waals surface area contributed by atoms with Gasteiger partial charge in [-0.3, -0.25) is 0 Å². The highest BCUT2D eigenvalue weighted by Gasteiger charge is 2.17. The van der Waals surface area contributed by atoms with Gasteiger partial charge in [-0.25, -0.2) is 9.99 Å². The molecule has 134 valence electrons. The summed E-state index contributed by atoms with van der Waals surface area (Å²) in [4.78, 5) is 10.7. The molecule has 2 aromatic rings. The third kappa shape index (κ3) is 4.37. The van der Waals surface area contributed by atoms with E-state index in [9.17, 15) is 0 Å². The van der Waals surface area contributed by atoms with Crippen LogP contribution in [-0.4, -0.2) is 53.1 Å². The fraction of sp³-hybridized carbons (Fsp3) is 0.444. The van der Waals surface area contributed by atoms with Crippen LogP contribution in [0.3, 0.4) is 0 Å². The summed E-state index contributed by atoms with van der Waals surface area (Å²) in [5.74, 6) is 2.13. The minimum Gasteiger partial charge on any atom is -0.437 e. The normalized spacial score (nSPS) is 16.2. The van der Waals surface area contributed by atoms with Gasteiger partial charge in [-0.1, -0.05) is 26.0 Å². The average Bonchev–Trinajstić information content (AvgIpc) is 2.61. The third-order valence-electron chi connectivity index (χ3n) is 4.38. The Morgan fingerprint density at radius 2 is 1.76 bits per heavy atom. The van der Waals surface area contributed by atoms with Crippen molar-refractivity contribution in [3.8, 4) is 11.6 Å². The number of nitrogens with one attached hydrogen (secondary N) is 1. The van der Waals surface area contributed by atoms with Crippen molar-refractivity contribution < 1.29 is 4.74 Å². The number of hydrazine groups is 1. The summed E-state index contributed by atoms with van der Waals surface area (Å²) in [6.07, 6.45) is 1.46. The van der Waals surface area contributed by atoms with E-state index in [4.69, 9.17) is 10.5 Å². The Kier molecular flexibility index (Phi) is 5.35. The smallest absolute Gasteiger partial charge is 0.248 e. The molecule has 1 aliphatic heterocycles. The van der Waals surface area contributed by atoms with Gasteiger partial charge in [0.15, 0.2) is 5.82 Å². The van der Waals surface area contributed by atoms with Crippen LogP contribution in [0, 0.1) is 0 Å². The molecular formula is C18H26N6O. The number of nitrogens with zero attached hydrogens (tertiary/aromatic N) is 4. The molecule has 0 spiro atoms. The van der Waals surface area contributed by atoms with Crippen LogP contribution >= 0.6 is 0 Å². The topological polar surface area (TPSA) is 79.5 Å². The summed E-state index contributed by atoms with van der Waals surface area (Å²) in [5, 5.41) is 2.11. The Balaban J connectivity index is 1.70. The molecule has 0 atom stereocenters. The van der Waals surface area contributed by atoms with Gasteiger partial charge in [-0.05, 0) is 30.7 Å². The third-order valence-corrected chi connectivity index (χ3v) is 4.38. The van der Waals surface area contributed by atoms with Gasteiger partial charge in [0, 0.05) is 26.2 Å². The van der Waals surface area contributed by atoms with Crippen LogP contribution in [0.2, 0.25) is 0 Å². The molecule has 1 aliphatic rings. The molecule has 3 rings (SSSR count). The summed E-state index contributed by atoms with van der Waals surface area (Å²) in [7, 11) is 2.12. The van der Waals surface area contributed by atoms with Gasteiger partial charge in [-0.15, -0.1) is 0 Å². The molecule has 0 amide bonds. The maximum atomic E-state index is 6.20. The summed E-state index contributed by atoms with van der Waals surface area (Å²) >= 11 is 0. The van der Waals surface area contributed by atoms with E-state index in [0.29, 0.717) is 29.1 Å². The van der Waals surface area contributed by atoms with Gasteiger partial charge in [0.2, 0.25) is 5.88 Å². The molecule has 7 heteroatoms. The van der Waals surface area contributed by atoms with E-state index in [2.05, 4.69) is 58.3 Å². The molecule has 1 aromatic carbocycles. The summed E-state index contributed by atoms with van der Waals surface area (Å²) < 4.78 is 5.85. The van der Waals surface area contributed by atoms with Gasteiger partial charge in [0.25, 0.3) is 0 Å². The fourth-order valence-electron chi connectivity index (χ4n) is 2.65. The number of hydrogen-bond acceptors (Lipinski definition) is 7. The van der Waals surface area contributed by atoms with Crippen LogP contribution in [-0.2, 0) is 0 Å². The molecule has 0 bridgehead atoms. The molecule has 25 heavy (non-hydrogen) atoms. The number of rotatable bonds is 5. The lowest BCUT2D eigenvalue weighted by atomic mass is 10.0. The van der Waals surface area contributed by atoms with E-state index in [1.807, 2.05) is 12.1 Å². The molecule has 3 N–H and O–H groups in total. The van der Waals surface area contributed by atoms with Gasteiger partial charge >= 0.3 is 0 Å². The highest BCUT2D eigenvalue weighted by Crippen LogP contribution is 2.30. The van der Waals surface area contributed by atoms with Crippen LogP contribution in [0.25, 0.3) is 0 Å². The van der Waals surface area contributed by atoms with E-state index >= 15 is 0 Å². The van der Waals surface area contributed by atoms with Crippen LogP contribution in [0.1, 0.15) is 25.3 Å². The Labute approximate surface area is 148 Å². The van der Waals surface area contributed by atoms with Crippen LogP contribution in [0.4, 0.5) is 11.5 Å². The monoisotopic (exact) mass is 342 g/mol. The van der Waals surface area contributed by atoms with Crippen molar-refractivity contribution >= 4 is 11.5 Å². The van der Waals surface area contributed by atoms with Gasteiger partial charge in [0.1, 0.15) is 17.8 Å². The van der Waals surface area contributed by atoms with E-state index in [-0.39, 0.29) is 0 Å². The molecule has 0 aliphatic carbocycles. The second-order valence-corrected chi connectivity index (χ2v) is 6.67. The number of aromatic nitrogens is 2. The van der Waals surface area contributed by atoms with Crippen LogP contribution in [0.15, 0.2) is 30.6 Å². The number of piperazine rings is 1. The Bertz CT molecular complexity index is 695. The van der Waals surface area contributed by atoms with Crippen molar-refractivity contribution in [2.75, 3.05) is 44.4 Å². The van der Waals surface area contributed by atoms with Crippen LogP contribution < -0.4 is 15.9 Å². The summed E-state index contributed by atoms with van der Waals surface area (Å²) in [5.41, 5.74) is 11.2. The SMILES string of the molecule is CC(C)c1ccc(Oc2ncnc(NN3CCN(C)CC3)c2N)cc1. The van der Waals surface area contributed by atoms with E-state index in [0.717, 1.165) is 26.2 Å². The highest BCUT2D eigenvalue weighted by atomic mass is 16.5. The fourth-order valence-corrected chi connectivity index (χ4v) is 2.65. The zero-order valence-electron chi connectivity index (χ0n) is 15.1. The lowest BCUT2D eigenvalue weighted by Gasteiger charge is -2.32. The predicted molar refractivity (Wildman–Crippen MR) is 99.7 cm³/mol. The number of nitrogen functional groups attached to an aromatic ring is 1. The standard InChI is InChI=1S/C18H26N6O/c1-13(2)14-4-6-15(7-5-14)25-18-16(19)17(20-12-21-18)22-24-10-8-23(3)9-11-24/h4-7,12-13H,8-11,19H2,1-3H3,(H,20,21,22). The number of ether oxygens (including phenoxy) is 1. The lowest BCUT2D eigenvalue weighted by molar-refractivity contribution is 0.178. The lowest BCUT2D eigenvalue weighted by Crippen LogP contribution is -2.47. The van der Waals surface area contributed by atoms with Crippen molar-refractivity contribution in [2.45, 2.75) is 19.8 Å². The minimum absolute atomic E-state index is 0.365. The van der Waals surface area contributed by atoms with Crippen molar-refractivity contribution in [2.24, 2.45) is 0 Å². The predicted octanol–water partition coefficient (Wildman–Crippen LogP) is 2.55. The molecule has 0 radical (unpaired) electrons. The molecule has 1 aromatic heterocycles. The first-order valence-electron chi connectivity index (χ1n) is 8.61. The zero-order chi connectivity index (χ0) is 17.8. The molecule has 1 fully saturated rings. The Morgan fingerprint density at radius 3 is 2.40 bits per heavy atom. The first-order valence-corrected chi connectivity index (χ1v) is 8.61. The van der Waals surface area contributed by atoms with Gasteiger partial charge < -0.3 is 20.8 Å². The largest absolute Gasteiger partial charge is 0.437 e. The zero-order valence-corrected chi connectivity index (χ0v) is 15.1. The van der Waals surface area contributed by atoms with Crippen molar-refractivity contribution in [1.29, 1.82) is 0 Å². The molecular weight excluding hydrogens is 316 g/mol. The number of anilines is 2. The maximum Gasteiger partial charge on any atom is 0.248 e. The number of nitrogens with two attached hydrogens (primary N) is 1. The summed E-state index contributed by atoms with van der Waals surface area (Å²) in [6.45, 7) is 8.15.